The monoisotopic (exact) mass is 576 g/mol. The summed E-state index contributed by atoms with van der Waals surface area (Å²) >= 11 is 0. The van der Waals surface area contributed by atoms with Gasteiger partial charge >= 0.3 is 11.9 Å². The Morgan fingerprint density at radius 3 is 1.81 bits per heavy atom. The normalized spacial score (nSPS) is 12.5. The number of ether oxygens (including phenoxy) is 4. The summed E-state index contributed by atoms with van der Waals surface area (Å²) in [6.07, 6.45) is 10.3. The minimum absolute atomic E-state index is 0.0844. The van der Waals surface area contributed by atoms with Gasteiger partial charge in [-0.3, -0.25) is 14.4 Å². The predicted octanol–water partition coefficient (Wildman–Crippen LogP) is 7.71. The molecule has 0 fully saturated rings. The summed E-state index contributed by atoms with van der Waals surface area (Å²) in [6.45, 7) is 14.6. The number of benzene rings is 2. The van der Waals surface area contributed by atoms with Crippen LogP contribution in [0.2, 0.25) is 0 Å². The lowest BCUT2D eigenvalue weighted by Crippen LogP contribution is -2.26. The molecule has 0 aliphatic heterocycles. The standard InChI is InChI=1S/C35H44O7/c1-11-13-15-24-21-25(30(40-10)27(16-14-12-2)31(24)42-33(38)35(6,7)8)22-28(39-9)29(36)23-17-19-26(20-18-23)41-32(37)34(3,4)5/h11-14,17-22H,15-16H2,1-10H3. The largest absolute Gasteiger partial charge is 0.496 e. The van der Waals surface area contributed by atoms with E-state index in [-0.39, 0.29) is 23.5 Å². The molecular formula is C35H44O7. The Kier molecular flexibility index (Phi) is 11.9. The van der Waals surface area contributed by atoms with Gasteiger partial charge in [-0.2, -0.15) is 0 Å². The topological polar surface area (TPSA) is 88.1 Å². The summed E-state index contributed by atoms with van der Waals surface area (Å²) in [7, 11) is 2.97. The maximum absolute atomic E-state index is 13.5. The van der Waals surface area contributed by atoms with Crippen LogP contribution in [0.4, 0.5) is 0 Å². The highest BCUT2D eigenvalue weighted by Crippen LogP contribution is 2.39. The molecule has 7 nitrogen and oxygen atoms in total. The first-order valence-electron chi connectivity index (χ1n) is 14.0. The first-order valence-corrected chi connectivity index (χ1v) is 14.0. The van der Waals surface area contributed by atoms with Crippen LogP contribution < -0.4 is 14.2 Å². The van der Waals surface area contributed by atoms with Crippen molar-refractivity contribution in [2.24, 2.45) is 10.8 Å². The van der Waals surface area contributed by atoms with Gasteiger partial charge in [-0.25, -0.2) is 0 Å². The highest BCUT2D eigenvalue weighted by atomic mass is 16.5. The second-order valence-corrected chi connectivity index (χ2v) is 11.9. The molecule has 0 aliphatic rings. The van der Waals surface area contributed by atoms with Crippen LogP contribution in [0.25, 0.3) is 6.08 Å². The maximum Gasteiger partial charge on any atom is 0.316 e. The number of carbonyl (C=O) groups excluding carboxylic acids is 3. The van der Waals surface area contributed by atoms with Gasteiger partial charge in [0.1, 0.15) is 17.2 Å². The Balaban J connectivity index is 2.65. The summed E-state index contributed by atoms with van der Waals surface area (Å²) < 4.78 is 22.8. The molecule has 7 heteroatoms. The van der Waals surface area contributed by atoms with Crippen molar-refractivity contribution in [1.29, 1.82) is 0 Å². The van der Waals surface area contributed by atoms with Crippen LogP contribution in [-0.2, 0) is 27.2 Å². The fraction of sp³-hybridized carbons (Fsp3) is 0.400. The van der Waals surface area contributed by atoms with Gasteiger partial charge in [0.2, 0.25) is 5.78 Å². The number of carbonyl (C=O) groups is 3. The molecule has 0 saturated carbocycles. The van der Waals surface area contributed by atoms with Crippen molar-refractivity contribution in [3.63, 3.8) is 0 Å². The number of allylic oxidation sites excluding steroid dienone is 5. The van der Waals surface area contributed by atoms with Gasteiger partial charge in [-0.1, -0.05) is 24.3 Å². The molecule has 42 heavy (non-hydrogen) atoms. The zero-order chi connectivity index (χ0) is 31.7. The predicted molar refractivity (Wildman–Crippen MR) is 166 cm³/mol. The van der Waals surface area contributed by atoms with E-state index in [4.69, 9.17) is 18.9 Å². The smallest absolute Gasteiger partial charge is 0.316 e. The summed E-state index contributed by atoms with van der Waals surface area (Å²) in [4.78, 5) is 38.7. The molecule has 0 aromatic heterocycles. The molecule has 0 atom stereocenters. The van der Waals surface area contributed by atoms with Crippen LogP contribution in [0.1, 0.15) is 82.4 Å². The van der Waals surface area contributed by atoms with Crippen molar-refractivity contribution in [2.75, 3.05) is 14.2 Å². The zero-order valence-electron chi connectivity index (χ0n) is 26.5. The van der Waals surface area contributed by atoms with Crippen molar-refractivity contribution in [3.05, 3.63) is 82.6 Å². The number of rotatable bonds is 11. The first-order chi connectivity index (χ1) is 19.7. The van der Waals surface area contributed by atoms with E-state index in [2.05, 4.69) is 0 Å². The summed E-state index contributed by atoms with van der Waals surface area (Å²) in [5.41, 5.74) is 1.05. The Bertz CT molecular complexity index is 1360. The molecule has 0 heterocycles. The van der Waals surface area contributed by atoms with Crippen LogP contribution in [0.3, 0.4) is 0 Å². The second kappa shape index (κ2) is 14.7. The van der Waals surface area contributed by atoms with E-state index in [0.29, 0.717) is 46.8 Å². The first kappa shape index (κ1) is 34.1. The molecule has 226 valence electrons. The Labute approximate surface area is 250 Å². The summed E-state index contributed by atoms with van der Waals surface area (Å²) in [5, 5.41) is 0. The molecule has 0 unspecified atom stereocenters. The van der Waals surface area contributed by atoms with E-state index in [1.807, 2.05) is 44.2 Å². The van der Waals surface area contributed by atoms with E-state index in [0.717, 1.165) is 5.56 Å². The highest BCUT2D eigenvalue weighted by Gasteiger charge is 2.28. The highest BCUT2D eigenvalue weighted by molar-refractivity contribution is 6.10. The number of Topliss-reactive ketones (excluding diaryl/α,β-unsaturated/α-hetero) is 1. The Morgan fingerprint density at radius 2 is 1.31 bits per heavy atom. The number of ketones is 1. The van der Waals surface area contributed by atoms with Gasteiger partial charge < -0.3 is 18.9 Å². The average molecular weight is 577 g/mol. The fourth-order valence-electron chi connectivity index (χ4n) is 3.76. The van der Waals surface area contributed by atoms with Crippen molar-refractivity contribution < 1.29 is 33.3 Å². The second-order valence-electron chi connectivity index (χ2n) is 11.9. The van der Waals surface area contributed by atoms with Gasteiger partial charge in [-0.15, -0.1) is 0 Å². The molecule has 0 aliphatic carbocycles. The van der Waals surface area contributed by atoms with Crippen molar-refractivity contribution in [3.8, 4) is 17.2 Å². The number of esters is 2. The van der Waals surface area contributed by atoms with Crippen LogP contribution in [-0.4, -0.2) is 31.9 Å². The van der Waals surface area contributed by atoms with Crippen LogP contribution in [0.15, 0.2) is 60.4 Å². The third-order valence-corrected chi connectivity index (χ3v) is 6.24. The minimum atomic E-state index is -0.711. The molecule has 0 radical (unpaired) electrons. The van der Waals surface area contributed by atoms with E-state index < -0.39 is 10.8 Å². The Hall–Kier alpha value is -4.13. The van der Waals surface area contributed by atoms with Crippen molar-refractivity contribution >= 4 is 23.8 Å². The van der Waals surface area contributed by atoms with E-state index >= 15 is 0 Å². The molecule has 0 N–H and O–H groups in total. The third-order valence-electron chi connectivity index (χ3n) is 6.24. The van der Waals surface area contributed by atoms with Crippen LogP contribution in [0, 0.1) is 10.8 Å². The molecule has 0 saturated heterocycles. The van der Waals surface area contributed by atoms with Crippen molar-refractivity contribution in [2.45, 2.75) is 68.2 Å². The molecule has 2 rings (SSSR count). The third kappa shape index (κ3) is 8.93. The Morgan fingerprint density at radius 1 is 0.762 bits per heavy atom. The molecule has 0 spiro atoms. The quantitative estimate of drug-likeness (QED) is 0.0676. The van der Waals surface area contributed by atoms with Crippen LogP contribution in [0.5, 0.6) is 17.2 Å². The number of hydrogen-bond donors (Lipinski definition) is 0. The summed E-state index contributed by atoms with van der Waals surface area (Å²) in [6, 6.07) is 8.18. The molecular weight excluding hydrogens is 532 g/mol. The lowest BCUT2D eigenvalue weighted by atomic mass is 9.95. The summed E-state index contributed by atoms with van der Waals surface area (Å²) in [5.74, 6) is 0.263. The zero-order valence-corrected chi connectivity index (χ0v) is 26.5. The average Bonchev–Trinajstić information content (AvgIpc) is 2.93. The number of hydrogen-bond acceptors (Lipinski definition) is 7. The van der Waals surface area contributed by atoms with Gasteiger partial charge in [0.25, 0.3) is 0 Å². The number of methoxy groups -OCH3 is 2. The van der Waals surface area contributed by atoms with Gasteiger partial charge in [0.05, 0.1) is 25.0 Å². The van der Waals surface area contributed by atoms with Gasteiger partial charge in [0, 0.05) is 16.7 Å². The van der Waals surface area contributed by atoms with E-state index in [1.165, 1.54) is 7.11 Å². The molecule has 2 aromatic carbocycles. The molecule has 0 amide bonds. The van der Waals surface area contributed by atoms with Crippen molar-refractivity contribution in [1.82, 2.24) is 0 Å². The van der Waals surface area contributed by atoms with Gasteiger partial charge in [-0.05, 0) is 110 Å². The maximum atomic E-state index is 13.5. The van der Waals surface area contributed by atoms with E-state index in [1.54, 1.807) is 79.0 Å². The fourth-order valence-corrected chi connectivity index (χ4v) is 3.76. The minimum Gasteiger partial charge on any atom is -0.496 e. The SMILES string of the molecule is CC=CCc1cc(C=C(OC)C(=O)c2ccc(OC(=O)C(C)(C)C)cc2)c(OC)c(CC=CC)c1OC(=O)C(C)(C)C. The van der Waals surface area contributed by atoms with Gasteiger partial charge in [0.15, 0.2) is 5.76 Å². The molecule has 2 aromatic rings. The van der Waals surface area contributed by atoms with Crippen LogP contribution >= 0.6 is 0 Å². The lowest BCUT2D eigenvalue weighted by Gasteiger charge is -2.23. The lowest BCUT2D eigenvalue weighted by molar-refractivity contribution is -0.143. The molecule has 0 bridgehead atoms. The van der Waals surface area contributed by atoms with E-state index in [9.17, 15) is 14.4 Å².